The van der Waals surface area contributed by atoms with E-state index in [-0.39, 0.29) is 12.4 Å². The minimum atomic E-state index is -0.0409. The predicted molar refractivity (Wildman–Crippen MR) is 91.3 cm³/mol. The number of rotatable bonds is 6. The molecule has 2 aromatic rings. The molecule has 5 heteroatoms. The van der Waals surface area contributed by atoms with E-state index in [2.05, 4.69) is 0 Å². The maximum Gasteiger partial charge on any atom is 0.186 e. The molecule has 0 fully saturated rings. The van der Waals surface area contributed by atoms with E-state index in [1.54, 1.807) is 35.6 Å². The molecule has 0 saturated heterocycles. The highest BCUT2D eigenvalue weighted by Crippen LogP contribution is 2.28. The molecule has 0 aliphatic carbocycles. The van der Waals surface area contributed by atoms with Crippen molar-refractivity contribution in [3.05, 3.63) is 51.2 Å². The molecule has 4 nitrogen and oxygen atoms in total. The van der Waals surface area contributed by atoms with Crippen LogP contribution in [0, 0.1) is 25.2 Å². The highest BCUT2D eigenvalue weighted by Gasteiger charge is 2.09. The first-order chi connectivity index (χ1) is 11.0. The number of aryl methyl sites for hydroxylation is 2. The zero-order valence-corrected chi connectivity index (χ0v) is 14.1. The maximum atomic E-state index is 12.2. The van der Waals surface area contributed by atoms with Gasteiger partial charge in [0.25, 0.3) is 0 Å². The zero-order chi connectivity index (χ0) is 16.8. The van der Waals surface area contributed by atoms with Gasteiger partial charge >= 0.3 is 0 Å². The number of nitriles is 1. The summed E-state index contributed by atoms with van der Waals surface area (Å²) in [5.74, 6) is 1.01. The summed E-state index contributed by atoms with van der Waals surface area (Å²) in [4.78, 5) is 14.4. The van der Waals surface area contributed by atoms with Gasteiger partial charge in [-0.1, -0.05) is 12.1 Å². The fraction of sp³-hybridized carbons (Fsp3) is 0.222. The number of methoxy groups -OCH3 is 1. The van der Waals surface area contributed by atoms with Crippen molar-refractivity contribution in [2.75, 3.05) is 13.7 Å². The Hall–Kier alpha value is -2.58. The number of carbonyl (C=O) groups is 1. The number of carbonyl (C=O) groups excluding carboxylic acids is 1. The van der Waals surface area contributed by atoms with Crippen LogP contribution < -0.4 is 9.47 Å². The Kier molecular flexibility index (Phi) is 5.56. The van der Waals surface area contributed by atoms with Crippen molar-refractivity contribution < 1.29 is 14.3 Å². The summed E-state index contributed by atoms with van der Waals surface area (Å²) in [7, 11) is 1.53. The average Bonchev–Trinajstić information content (AvgIpc) is 2.89. The lowest BCUT2D eigenvalue weighted by Gasteiger charge is -2.08. The van der Waals surface area contributed by atoms with Crippen LogP contribution in [-0.4, -0.2) is 19.5 Å². The van der Waals surface area contributed by atoms with Gasteiger partial charge in [0.15, 0.2) is 23.9 Å². The number of ether oxygens (including phenoxy) is 2. The molecule has 1 heterocycles. The lowest BCUT2D eigenvalue weighted by atomic mass is 10.1. The first-order valence-corrected chi connectivity index (χ1v) is 7.84. The summed E-state index contributed by atoms with van der Waals surface area (Å²) in [6.45, 7) is 3.90. The molecule has 1 aromatic carbocycles. The molecule has 2 rings (SSSR count). The number of hydrogen-bond donors (Lipinski definition) is 0. The quantitative estimate of drug-likeness (QED) is 0.590. The van der Waals surface area contributed by atoms with Crippen molar-refractivity contribution in [3.63, 3.8) is 0 Å². The Morgan fingerprint density at radius 2 is 2.09 bits per heavy atom. The van der Waals surface area contributed by atoms with Crippen LogP contribution in [-0.2, 0) is 0 Å². The fourth-order valence-corrected chi connectivity index (χ4v) is 3.08. The monoisotopic (exact) mass is 327 g/mol. The van der Waals surface area contributed by atoms with Gasteiger partial charge in [0, 0.05) is 15.3 Å². The van der Waals surface area contributed by atoms with Crippen LogP contribution in [0.3, 0.4) is 0 Å². The van der Waals surface area contributed by atoms with E-state index >= 15 is 0 Å². The topological polar surface area (TPSA) is 59.3 Å². The molecule has 0 unspecified atom stereocenters. The summed E-state index contributed by atoms with van der Waals surface area (Å²) in [5.41, 5.74) is 1.56. The second kappa shape index (κ2) is 7.61. The van der Waals surface area contributed by atoms with Crippen LogP contribution in [0.1, 0.15) is 25.7 Å². The smallest absolute Gasteiger partial charge is 0.186 e. The highest BCUT2D eigenvalue weighted by molar-refractivity contribution is 7.12. The predicted octanol–water partition coefficient (Wildman–Crippen LogP) is 4.17. The SMILES string of the molecule is COc1cc(/C=C/C(=O)c2cc(C)sc2C)ccc1OCC#N. The molecule has 118 valence electrons. The third-order valence-corrected chi connectivity index (χ3v) is 4.18. The molecule has 23 heavy (non-hydrogen) atoms. The number of nitrogens with zero attached hydrogens (tertiary/aromatic N) is 1. The van der Waals surface area contributed by atoms with Crippen LogP contribution in [0.15, 0.2) is 30.3 Å². The van der Waals surface area contributed by atoms with E-state index in [1.807, 2.05) is 32.0 Å². The Morgan fingerprint density at radius 3 is 2.70 bits per heavy atom. The van der Waals surface area contributed by atoms with E-state index in [0.717, 1.165) is 20.9 Å². The molecular formula is C18H17NO3S. The van der Waals surface area contributed by atoms with Gasteiger partial charge < -0.3 is 9.47 Å². The van der Waals surface area contributed by atoms with Crippen LogP contribution in [0.25, 0.3) is 6.08 Å². The Bertz CT molecular complexity index is 784. The molecule has 0 aliphatic heterocycles. The van der Waals surface area contributed by atoms with Gasteiger partial charge in [-0.2, -0.15) is 5.26 Å². The van der Waals surface area contributed by atoms with Crippen LogP contribution in [0.2, 0.25) is 0 Å². The van der Waals surface area contributed by atoms with Crippen LogP contribution in [0.4, 0.5) is 0 Å². The van der Waals surface area contributed by atoms with Gasteiger partial charge in [0.05, 0.1) is 7.11 Å². The second-order valence-electron chi connectivity index (χ2n) is 4.88. The molecule has 0 amide bonds. The second-order valence-corrected chi connectivity index (χ2v) is 6.34. The van der Waals surface area contributed by atoms with Crippen molar-refractivity contribution in [2.24, 2.45) is 0 Å². The van der Waals surface area contributed by atoms with Gasteiger partial charge in [-0.05, 0) is 43.7 Å². The normalized spacial score (nSPS) is 10.5. The van der Waals surface area contributed by atoms with E-state index in [4.69, 9.17) is 14.7 Å². The van der Waals surface area contributed by atoms with Crippen molar-refractivity contribution in [3.8, 4) is 17.6 Å². The van der Waals surface area contributed by atoms with Crippen molar-refractivity contribution >= 4 is 23.2 Å². The summed E-state index contributed by atoms with van der Waals surface area (Å²) >= 11 is 1.62. The van der Waals surface area contributed by atoms with E-state index in [0.29, 0.717) is 11.5 Å². The number of benzene rings is 1. The molecule has 0 saturated carbocycles. The molecule has 0 N–H and O–H groups in total. The fourth-order valence-electron chi connectivity index (χ4n) is 2.15. The van der Waals surface area contributed by atoms with E-state index in [9.17, 15) is 4.79 Å². The van der Waals surface area contributed by atoms with Crippen LogP contribution in [0.5, 0.6) is 11.5 Å². The van der Waals surface area contributed by atoms with E-state index < -0.39 is 0 Å². The number of allylic oxidation sites excluding steroid dienone is 1. The Labute approximate surface area is 139 Å². The van der Waals surface area contributed by atoms with Crippen LogP contribution >= 0.6 is 11.3 Å². The van der Waals surface area contributed by atoms with Crippen molar-refractivity contribution in [1.29, 1.82) is 5.26 Å². The lowest BCUT2D eigenvalue weighted by molar-refractivity contribution is 0.104. The molecular weight excluding hydrogens is 310 g/mol. The first-order valence-electron chi connectivity index (χ1n) is 7.02. The average molecular weight is 327 g/mol. The molecule has 0 radical (unpaired) electrons. The van der Waals surface area contributed by atoms with Gasteiger partial charge in [-0.3, -0.25) is 4.79 Å². The van der Waals surface area contributed by atoms with Gasteiger partial charge in [-0.25, -0.2) is 0 Å². The Balaban J connectivity index is 2.18. The van der Waals surface area contributed by atoms with E-state index in [1.165, 1.54) is 7.11 Å². The molecule has 0 atom stereocenters. The largest absolute Gasteiger partial charge is 0.493 e. The summed E-state index contributed by atoms with van der Waals surface area (Å²) in [6, 6.07) is 9.12. The standard InChI is InChI=1S/C18H17NO3S/c1-12-10-15(13(2)23-12)16(20)6-4-14-5-7-17(22-9-8-19)18(11-14)21-3/h4-7,10-11H,9H2,1-3H3/b6-4+. The highest BCUT2D eigenvalue weighted by atomic mass is 32.1. The van der Waals surface area contributed by atoms with Crippen molar-refractivity contribution in [2.45, 2.75) is 13.8 Å². The number of hydrogen-bond acceptors (Lipinski definition) is 5. The van der Waals surface area contributed by atoms with Crippen molar-refractivity contribution in [1.82, 2.24) is 0 Å². The molecule has 0 spiro atoms. The van der Waals surface area contributed by atoms with Gasteiger partial charge in [0.1, 0.15) is 6.07 Å². The first kappa shape index (κ1) is 16.8. The Morgan fingerprint density at radius 1 is 1.30 bits per heavy atom. The third kappa shape index (κ3) is 4.21. The maximum absolute atomic E-state index is 12.2. The van der Waals surface area contributed by atoms with Gasteiger partial charge in [0.2, 0.25) is 0 Å². The third-order valence-electron chi connectivity index (χ3n) is 3.21. The summed E-state index contributed by atoms with van der Waals surface area (Å²) in [5, 5.41) is 8.56. The minimum absolute atomic E-state index is 0.0179. The number of ketones is 1. The minimum Gasteiger partial charge on any atom is -0.493 e. The van der Waals surface area contributed by atoms with Gasteiger partial charge in [-0.15, -0.1) is 11.3 Å². The summed E-state index contributed by atoms with van der Waals surface area (Å²) in [6.07, 6.45) is 3.30. The number of thiophene rings is 1. The molecule has 0 aliphatic rings. The zero-order valence-electron chi connectivity index (χ0n) is 13.3. The molecule has 0 bridgehead atoms. The lowest BCUT2D eigenvalue weighted by Crippen LogP contribution is -1.97. The molecule has 1 aromatic heterocycles. The summed E-state index contributed by atoms with van der Waals surface area (Å²) < 4.78 is 10.5.